The van der Waals surface area contributed by atoms with Crippen LogP contribution in [0.2, 0.25) is 5.02 Å². The average Bonchev–Trinajstić information content (AvgIpc) is 3.19. The van der Waals surface area contributed by atoms with Crippen LogP contribution < -0.4 is 5.69 Å². The molecule has 0 spiro atoms. The summed E-state index contributed by atoms with van der Waals surface area (Å²) in [5.74, 6) is 0. The lowest BCUT2D eigenvalue weighted by Gasteiger charge is -2.13. The second-order valence-electron chi connectivity index (χ2n) is 9.10. The topological polar surface area (TPSA) is 68.3 Å². The summed E-state index contributed by atoms with van der Waals surface area (Å²) in [6.07, 6.45) is -1.84. The lowest BCUT2D eigenvalue weighted by Crippen LogP contribution is -2.23. The zero-order chi connectivity index (χ0) is 27.0. The van der Waals surface area contributed by atoms with Gasteiger partial charge in [0.1, 0.15) is 5.69 Å². The minimum atomic E-state index is -4.54. The third-order valence-corrected chi connectivity index (χ3v) is 6.21. The summed E-state index contributed by atoms with van der Waals surface area (Å²) < 4.78 is 41.0. The van der Waals surface area contributed by atoms with Crippen molar-refractivity contribution in [3.05, 3.63) is 105 Å². The summed E-state index contributed by atoms with van der Waals surface area (Å²) in [6.45, 7) is 0.724. The Morgan fingerprint density at radius 1 is 0.895 bits per heavy atom. The van der Waals surface area contributed by atoms with E-state index in [1.807, 2.05) is 50.5 Å². The van der Waals surface area contributed by atoms with E-state index in [2.05, 4.69) is 20.1 Å². The molecule has 2 aromatic carbocycles. The molecule has 7 nitrogen and oxygen atoms in total. The van der Waals surface area contributed by atoms with Gasteiger partial charge in [-0.1, -0.05) is 54.1 Å². The first-order valence-corrected chi connectivity index (χ1v) is 12.0. The van der Waals surface area contributed by atoms with Crippen molar-refractivity contribution in [2.45, 2.75) is 19.3 Å². The van der Waals surface area contributed by atoms with Gasteiger partial charge in [0.15, 0.2) is 5.65 Å². The SMILES string of the molecule is CN(C)Cc1ccc(-c2cnn3c(=O)n(Cc4ccc(C(F)(F)F)nc4)nc3c2-c2ccc(Cl)cc2)cc1. The summed E-state index contributed by atoms with van der Waals surface area (Å²) in [5, 5.41) is 9.46. The number of hydrogen-bond donors (Lipinski definition) is 0. The van der Waals surface area contributed by atoms with Crippen molar-refractivity contribution in [3.8, 4) is 22.3 Å². The van der Waals surface area contributed by atoms with Crippen molar-refractivity contribution in [1.29, 1.82) is 0 Å². The Morgan fingerprint density at radius 3 is 2.16 bits per heavy atom. The number of fused-ring (bicyclic) bond motifs is 1. The molecule has 5 rings (SSSR count). The standard InChI is InChI=1S/C27H22ClF3N6O/c1-35(2)15-17-3-6-19(7-4-17)22-14-33-37-25(24(22)20-8-10-21(28)11-9-20)34-36(26(37)38)16-18-5-12-23(32-13-18)27(29,30)31/h3-14H,15-16H2,1-2H3. The molecule has 0 aliphatic heterocycles. The van der Waals surface area contributed by atoms with Crippen molar-refractivity contribution in [1.82, 2.24) is 29.3 Å². The maximum absolute atomic E-state index is 13.2. The van der Waals surface area contributed by atoms with E-state index in [9.17, 15) is 18.0 Å². The van der Waals surface area contributed by atoms with Crippen molar-refractivity contribution in [2.24, 2.45) is 0 Å². The molecular formula is C27H22ClF3N6O. The molecule has 194 valence electrons. The summed E-state index contributed by atoms with van der Waals surface area (Å²) in [5.41, 5.74) is 3.44. The van der Waals surface area contributed by atoms with Crippen LogP contribution in [0.15, 0.2) is 77.9 Å². The molecule has 0 atom stereocenters. The van der Waals surface area contributed by atoms with Crippen LogP contribution in [-0.4, -0.2) is 43.4 Å². The van der Waals surface area contributed by atoms with Crippen molar-refractivity contribution in [2.75, 3.05) is 14.1 Å². The fourth-order valence-electron chi connectivity index (χ4n) is 4.20. The minimum Gasteiger partial charge on any atom is -0.305 e. The maximum atomic E-state index is 13.2. The van der Waals surface area contributed by atoms with E-state index in [-0.39, 0.29) is 6.54 Å². The normalized spacial score (nSPS) is 12.0. The Balaban J connectivity index is 1.62. The average molecular weight is 539 g/mol. The first-order chi connectivity index (χ1) is 18.1. The molecule has 5 aromatic rings. The molecule has 11 heteroatoms. The molecule has 0 saturated carbocycles. The Morgan fingerprint density at radius 2 is 1.55 bits per heavy atom. The van der Waals surface area contributed by atoms with Gasteiger partial charge in [-0.05, 0) is 54.5 Å². The number of pyridine rings is 1. The summed E-state index contributed by atoms with van der Waals surface area (Å²) in [4.78, 5) is 18.7. The fourth-order valence-corrected chi connectivity index (χ4v) is 4.32. The quantitative estimate of drug-likeness (QED) is 0.289. The Hall–Kier alpha value is -4.02. The minimum absolute atomic E-state index is 0.0675. The summed E-state index contributed by atoms with van der Waals surface area (Å²) in [7, 11) is 4.00. The molecule has 0 bridgehead atoms. The highest BCUT2D eigenvalue weighted by Crippen LogP contribution is 2.35. The number of benzene rings is 2. The van der Waals surface area contributed by atoms with Crippen LogP contribution in [0.4, 0.5) is 13.2 Å². The van der Waals surface area contributed by atoms with Crippen LogP contribution in [0, 0.1) is 0 Å². The van der Waals surface area contributed by atoms with Crippen LogP contribution in [0.1, 0.15) is 16.8 Å². The second kappa shape index (κ2) is 10.0. The van der Waals surface area contributed by atoms with Crippen molar-refractivity contribution >= 4 is 17.2 Å². The van der Waals surface area contributed by atoms with E-state index in [1.54, 1.807) is 18.3 Å². The van der Waals surface area contributed by atoms with Crippen LogP contribution >= 0.6 is 11.6 Å². The second-order valence-corrected chi connectivity index (χ2v) is 9.54. The van der Waals surface area contributed by atoms with E-state index in [4.69, 9.17) is 11.6 Å². The molecule has 3 aromatic heterocycles. The third kappa shape index (κ3) is 5.18. The Kier molecular flexibility index (Phi) is 6.77. The van der Waals surface area contributed by atoms with Gasteiger partial charge in [0.2, 0.25) is 0 Å². The van der Waals surface area contributed by atoms with Gasteiger partial charge in [-0.15, -0.1) is 5.10 Å². The number of rotatable bonds is 6. The molecular weight excluding hydrogens is 517 g/mol. The largest absolute Gasteiger partial charge is 0.433 e. The molecule has 0 N–H and O–H groups in total. The maximum Gasteiger partial charge on any atom is 0.433 e. The zero-order valence-corrected chi connectivity index (χ0v) is 21.2. The summed E-state index contributed by atoms with van der Waals surface area (Å²) >= 11 is 6.12. The van der Waals surface area contributed by atoms with E-state index >= 15 is 0 Å². The van der Waals surface area contributed by atoms with Crippen LogP contribution in [0.3, 0.4) is 0 Å². The lowest BCUT2D eigenvalue weighted by atomic mass is 9.96. The molecule has 3 heterocycles. The molecule has 0 aliphatic carbocycles. The molecule has 0 saturated heterocycles. The number of alkyl halides is 3. The molecule has 0 unspecified atom stereocenters. The van der Waals surface area contributed by atoms with Gasteiger partial charge >= 0.3 is 11.9 Å². The molecule has 0 amide bonds. The van der Waals surface area contributed by atoms with E-state index in [0.29, 0.717) is 21.8 Å². The van der Waals surface area contributed by atoms with Gasteiger partial charge in [-0.3, -0.25) is 4.98 Å². The first-order valence-electron chi connectivity index (χ1n) is 11.6. The molecule has 38 heavy (non-hydrogen) atoms. The van der Waals surface area contributed by atoms with Gasteiger partial charge in [-0.2, -0.15) is 22.8 Å². The number of aromatic nitrogens is 5. The number of hydrogen-bond acceptors (Lipinski definition) is 5. The van der Waals surface area contributed by atoms with Crippen LogP contribution in [0.25, 0.3) is 27.9 Å². The van der Waals surface area contributed by atoms with Crippen molar-refractivity contribution in [3.63, 3.8) is 0 Å². The van der Waals surface area contributed by atoms with E-state index < -0.39 is 17.6 Å². The number of nitrogens with zero attached hydrogens (tertiary/aromatic N) is 6. The molecule has 0 radical (unpaired) electrons. The molecule has 0 aliphatic rings. The Bertz CT molecular complexity index is 1640. The van der Waals surface area contributed by atoms with Gasteiger partial charge in [0.05, 0.1) is 12.7 Å². The highest BCUT2D eigenvalue weighted by atomic mass is 35.5. The van der Waals surface area contributed by atoms with E-state index in [0.717, 1.165) is 45.7 Å². The van der Waals surface area contributed by atoms with E-state index in [1.165, 1.54) is 10.6 Å². The predicted octanol–water partition coefficient (Wildman–Crippen LogP) is 5.40. The van der Waals surface area contributed by atoms with Crippen molar-refractivity contribution < 1.29 is 13.2 Å². The fraction of sp³-hybridized carbons (Fsp3) is 0.185. The smallest absolute Gasteiger partial charge is 0.305 e. The highest BCUT2D eigenvalue weighted by molar-refractivity contribution is 6.30. The predicted molar refractivity (Wildman–Crippen MR) is 139 cm³/mol. The van der Waals surface area contributed by atoms with Gasteiger partial charge in [0, 0.05) is 28.9 Å². The third-order valence-electron chi connectivity index (χ3n) is 5.96. The zero-order valence-electron chi connectivity index (χ0n) is 20.4. The summed E-state index contributed by atoms with van der Waals surface area (Å²) in [6, 6.07) is 17.4. The van der Waals surface area contributed by atoms with Crippen LogP contribution in [-0.2, 0) is 19.3 Å². The number of halogens is 4. The monoisotopic (exact) mass is 538 g/mol. The van der Waals surface area contributed by atoms with Crippen LogP contribution in [0.5, 0.6) is 0 Å². The first kappa shape index (κ1) is 25.6. The Labute approximate surface area is 220 Å². The highest BCUT2D eigenvalue weighted by Gasteiger charge is 2.32. The van der Waals surface area contributed by atoms with Gasteiger partial charge in [0.25, 0.3) is 0 Å². The lowest BCUT2D eigenvalue weighted by molar-refractivity contribution is -0.141. The van der Waals surface area contributed by atoms with Gasteiger partial charge < -0.3 is 4.90 Å². The van der Waals surface area contributed by atoms with Gasteiger partial charge in [-0.25, -0.2) is 9.48 Å². The molecule has 0 fully saturated rings.